The fraction of sp³-hybridized carbons (Fsp3) is 0. The second-order valence-electron chi connectivity index (χ2n) is 4.34. The molecule has 0 aromatic heterocycles. The van der Waals surface area contributed by atoms with Gasteiger partial charge in [0.1, 0.15) is 0 Å². The molecule has 21 heavy (non-hydrogen) atoms. The third-order valence-electron chi connectivity index (χ3n) is 3.04. The van der Waals surface area contributed by atoms with Gasteiger partial charge >= 0.3 is 0 Å². The first-order valence-corrected chi connectivity index (χ1v) is 14.2. The van der Waals surface area contributed by atoms with Gasteiger partial charge in [-0.1, -0.05) is 91.0 Å². The van der Waals surface area contributed by atoms with Crippen LogP contribution < -0.4 is 15.9 Å². The van der Waals surface area contributed by atoms with Crippen LogP contribution in [0.25, 0.3) is 0 Å². The van der Waals surface area contributed by atoms with Gasteiger partial charge in [0.25, 0.3) is 0 Å². The van der Waals surface area contributed by atoms with Crippen molar-refractivity contribution in [3.05, 3.63) is 91.0 Å². The quantitative estimate of drug-likeness (QED) is 0.331. The maximum absolute atomic E-state index is 2.23. The van der Waals surface area contributed by atoms with Crippen molar-refractivity contribution in [3.8, 4) is 0 Å². The third-order valence-corrected chi connectivity index (χ3v) is 5.49. The van der Waals surface area contributed by atoms with Crippen LogP contribution in [0.1, 0.15) is 0 Å². The SMILES string of the molecule is II.c1ccc(P(c2ccccc2)c2ccccc2)cc1. The van der Waals surface area contributed by atoms with Crippen molar-refractivity contribution < 1.29 is 0 Å². The molecule has 0 aliphatic carbocycles. The van der Waals surface area contributed by atoms with Gasteiger partial charge in [0.2, 0.25) is 0 Å². The van der Waals surface area contributed by atoms with Crippen LogP contribution in [0.3, 0.4) is 0 Å². The van der Waals surface area contributed by atoms with E-state index >= 15 is 0 Å². The Bertz CT molecular complexity index is 533. The van der Waals surface area contributed by atoms with Crippen LogP contribution in [0.4, 0.5) is 0 Å². The molecule has 0 saturated heterocycles. The Morgan fingerprint density at radius 3 is 0.905 bits per heavy atom. The Hall–Kier alpha value is -0.450. The highest BCUT2D eigenvalue weighted by atomic mass is 128. The fourth-order valence-electron chi connectivity index (χ4n) is 2.18. The van der Waals surface area contributed by atoms with Crippen LogP contribution in [-0.4, -0.2) is 0 Å². The van der Waals surface area contributed by atoms with Crippen molar-refractivity contribution in [1.29, 1.82) is 0 Å². The summed E-state index contributed by atoms with van der Waals surface area (Å²) >= 11 is 4.24. The zero-order valence-corrected chi connectivity index (χ0v) is 16.6. The van der Waals surface area contributed by atoms with Gasteiger partial charge in [0, 0.05) is 37.2 Å². The van der Waals surface area contributed by atoms with Gasteiger partial charge in [-0.05, 0) is 23.8 Å². The highest BCUT2D eigenvalue weighted by Gasteiger charge is 2.14. The van der Waals surface area contributed by atoms with Crippen LogP contribution in [0.5, 0.6) is 0 Å². The molecule has 0 radical (unpaired) electrons. The molecule has 0 bridgehead atoms. The summed E-state index contributed by atoms with van der Waals surface area (Å²) in [5.74, 6) is 0. The Kier molecular flexibility index (Phi) is 7.69. The molecule has 3 aromatic rings. The second kappa shape index (κ2) is 9.54. The van der Waals surface area contributed by atoms with Crippen molar-refractivity contribution in [2.75, 3.05) is 0 Å². The Balaban J connectivity index is 0.000000774. The molecule has 0 nitrogen and oxygen atoms in total. The first kappa shape index (κ1) is 16.9. The lowest BCUT2D eigenvalue weighted by molar-refractivity contribution is 1.74. The highest BCUT2D eigenvalue weighted by molar-refractivity contribution is 15.0. The largest absolute Gasteiger partial charge is 0.0622 e. The van der Waals surface area contributed by atoms with Crippen molar-refractivity contribution in [3.63, 3.8) is 0 Å². The normalized spacial score (nSPS) is 9.86. The van der Waals surface area contributed by atoms with Gasteiger partial charge in [-0.2, -0.15) is 0 Å². The molecule has 0 aliphatic heterocycles. The molecule has 0 heterocycles. The number of rotatable bonds is 3. The molecule has 0 saturated carbocycles. The number of halogens is 2. The van der Waals surface area contributed by atoms with Gasteiger partial charge in [0.15, 0.2) is 0 Å². The lowest BCUT2D eigenvalue weighted by Crippen LogP contribution is -2.20. The summed E-state index contributed by atoms with van der Waals surface area (Å²) in [6, 6.07) is 32.3. The minimum absolute atomic E-state index is 0.446. The Morgan fingerprint density at radius 2 is 0.667 bits per heavy atom. The standard InChI is InChI=1S/C18H15P.I2/c1-4-10-16(11-5-1)19(17-12-6-2-7-13-17)18-14-8-3-9-15-18;1-2/h1-15H;. The minimum atomic E-state index is -0.446. The molecule has 0 amide bonds. The number of benzene rings is 3. The molecule has 3 aromatic carbocycles. The van der Waals surface area contributed by atoms with E-state index < -0.39 is 7.92 Å². The third kappa shape index (κ3) is 4.76. The van der Waals surface area contributed by atoms with Gasteiger partial charge in [-0.15, -0.1) is 0 Å². The van der Waals surface area contributed by atoms with Crippen molar-refractivity contribution in [2.24, 2.45) is 0 Å². The molecule has 0 N–H and O–H groups in total. The van der Waals surface area contributed by atoms with E-state index in [1.54, 1.807) is 0 Å². The molecule has 0 aliphatic rings. The van der Waals surface area contributed by atoms with E-state index in [1.165, 1.54) is 15.9 Å². The zero-order chi connectivity index (χ0) is 14.9. The highest BCUT2D eigenvalue weighted by Crippen LogP contribution is 2.32. The van der Waals surface area contributed by atoms with E-state index in [0.29, 0.717) is 0 Å². The lowest BCUT2D eigenvalue weighted by Gasteiger charge is -2.18. The first-order valence-electron chi connectivity index (χ1n) is 6.55. The first-order chi connectivity index (χ1) is 10.4. The van der Waals surface area contributed by atoms with E-state index in [9.17, 15) is 0 Å². The van der Waals surface area contributed by atoms with Gasteiger partial charge in [-0.25, -0.2) is 0 Å². The monoisotopic (exact) mass is 516 g/mol. The molecule has 0 atom stereocenters. The van der Waals surface area contributed by atoms with Crippen LogP contribution in [-0.2, 0) is 0 Å². The lowest BCUT2D eigenvalue weighted by atomic mass is 10.4. The van der Waals surface area contributed by atoms with Gasteiger partial charge in [0.05, 0.1) is 0 Å². The van der Waals surface area contributed by atoms with E-state index in [-0.39, 0.29) is 0 Å². The van der Waals surface area contributed by atoms with Crippen LogP contribution in [0.2, 0.25) is 0 Å². The summed E-state index contributed by atoms with van der Waals surface area (Å²) in [6.07, 6.45) is 0. The summed E-state index contributed by atoms with van der Waals surface area (Å²) in [6.45, 7) is 0. The molecule has 0 fully saturated rings. The van der Waals surface area contributed by atoms with Crippen molar-refractivity contribution in [2.45, 2.75) is 0 Å². The Labute approximate surface area is 151 Å². The smallest absolute Gasteiger partial charge is 0 e. The van der Waals surface area contributed by atoms with Crippen LogP contribution >= 0.6 is 45.2 Å². The molecule has 106 valence electrons. The number of hydrogen-bond acceptors (Lipinski definition) is 0. The summed E-state index contributed by atoms with van der Waals surface area (Å²) < 4.78 is 0. The number of hydrogen-bond donors (Lipinski definition) is 0. The van der Waals surface area contributed by atoms with Crippen molar-refractivity contribution >= 4 is 61.1 Å². The summed E-state index contributed by atoms with van der Waals surface area (Å²) in [5, 5.41) is 4.19. The van der Waals surface area contributed by atoms with Crippen LogP contribution in [0.15, 0.2) is 91.0 Å². The topological polar surface area (TPSA) is 0 Å². The summed E-state index contributed by atoms with van der Waals surface area (Å²) in [4.78, 5) is 0. The summed E-state index contributed by atoms with van der Waals surface area (Å²) in [5.41, 5.74) is 0. The van der Waals surface area contributed by atoms with Gasteiger partial charge < -0.3 is 0 Å². The van der Waals surface area contributed by atoms with E-state index in [0.717, 1.165) is 0 Å². The average molecular weight is 516 g/mol. The maximum atomic E-state index is 2.23. The molecular weight excluding hydrogens is 501 g/mol. The predicted molar refractivity (Wildman–Crippen MR) is 113 cm³/mol. The molecular formula is C18H15I2P. The van der Waals surface area contributed by atoms with Crippen molar-refractivity contribution in [1.82, 2.24) is 0 Å². The summed E-state index contributed by atoms with van der Waals surface area (Å²) in [7, 11) is -0.446. The fourth-order valence-corrected chi connectivity index (χ4v) is 4.48. The van der Waals surface area contributed by atoms with E-state index in [1.807, 2.05) is 0 Å². The minimum Gasteiger partial charge on any atom is -0.0622 e. The maximum Gasteiger partial charge on any atom is 0 e. The van der Waals surface area contributed by atoms with Crippen LogP contribution in [0, 0.1) is 0 Å². The average Bonchev–Trinajstić information content (AvgIpc) is 2.60. The zero-order valence-electron chi connectivity index (χ0n) is 11.4. The Morgan fingerprint density at radius 1 is 0.429 bits per heavy atom. The molecule has 3 rings (SSSR count). The van der Waals surface area contributed by atoms with Gasteiger partial charge in [-0.3, -0.25) is 0 Å². The molecule has 3 heteroatoms. The predicted octanol–water partition coefficient (Wildman–Crippen LogP) is 5.22. The second-order valence-corrected chi connectivity index (χ2v) is 6.56. The van der Waals surface area contributed by atoms with E-state index in [4.69, 9.17) is 0 Å². The molecule has 0 unspecified atom stereocenters. The van der Waals surface area contributed by atoms with E-state index in [2.05, 4.69) is 128 Å². The molecule has 0 spiro atoms.